The van der Waals surface area contributed by atoms with Gasteiger partial charge in [-0.2, -0.15) is 0 Å². The van der Waals surface area contributed by atoms with Crippen molar-refractivity contribution in [3.8, 4) is 10.6 Å². The summed E-state index contributed by atoms with van der Waals surface area (Å²) in [5.41, 5.74) is 2.14. The molecule has 1 N–H and O–H groups in total. The van der Waals surface area contributed by atoms with Crippen LogP contribution in [0.15, 0.2) is 29.9 Å². The number of carbonyl (C=O) groups is 2. The van der Waals surface area contributed by atoms with Crippen LogP contribution in [0.5, 0.6) is 0 Å². The third-order valence-corrected chi connectivity index (χ3v) is 5.34. The smallest absolute Gasteiger partial charge is 0.311 e. The number of pyridine rings is 1. The second-order valence-electron chi connectivity index (χ2n) is 5.25. The molecule has 0 aliphatic carbocycles. The van der Waals surface area contributed by atoms with Crippen molar-refractivity contribution in [2.45, 2.75) is 20.3 Å². The number of nitrogens with zero attached hydrogens (tertiary/aromatic N) is 3. The molecule has 0 aliphatic rings. The zero-order chi connectivity index (χ0) is 18.5. The molecule has 0 unspecified atom stereocenters. The Bertz CT molecular complexity index is 921. The molecule has 3 aromatic heterocycles. The van der Waals surface area contributed by atoms with Crippen LogP contribution in [0.25, 0.3) is 10.6 Å². The molecule has 0 bridgehead atoms. The number of rotatable bonds is 6. The fraction of sp³-hybridized carbons (Fsp3) is 0.235. The van der Waals surface area contributed by atoms with E-state index >= 15 is 0 Å². The molecule has 0 aromatic carbocycles. The number of hydrogen-bond acceptors (Lipinski definition) is 8. The van der Waals surface area contributed by atoms with Crippen LogP contribution in [0.1, 0.15) is 28.0 Å². The van der Waals surface area contributed by atoms with Gasteiger partial charge < -0.3 is 4.74 Å². The number of ether oxygens (including phenoxy) is 1. The Balaban J connectivity index is 1.70. The second kappa shape index (κ2) is 8.15. The van der Waals surface area contributed by atoms with E-state index in [0.29, 0.717) is 28.0 Å². The standard InChI is InChI=1S/C17H16N4O3S2/c1-3-24-13(22)8-12-9-25-17(20-12)21-15(23)14-10(2)19-16(26-14)11-4-6-18-7-5-11/h4-7,9H,3,8H2,1-2H3,(H,20,21,23). The van der Waals surface area contributed by atoms with Crippen LogP contribution < -0.4 is 5.32 Å². The first-order chi connectivity index (χ1) is 12.6. The van der Waals surface area contributed by atoms with Crippen molar-refractivity contribution in [3.05, 3.63) is 46.2 Å². The first kappa shape index (κ1) is 18.2. The number of anilines is 1. The lowest BCUT2D eigenvalue weighted by Crippen LogP contribution is -2.12. The van der Waals surface area contributed by atoms with E-state index in [-0.39, 0.29) is 18.3 Å². The molecule has 0 fully saturated rings. The van der Waals surface area contributed by atoms with E-state index in [4.69, 9.17) is 4.74 Å². The van der Waals surface area contributed by atoms with E-state index in [9.17, 15) is 9.59 Å². The molecule has 26 heavy (non-hydrogen) atoms. The Morgan fingerprint density at radius 3 is 2.73 bits per heavy atom. The maximum Gasteiger partial charge on any atom is 0.311 e. The molecule has 7 nitrogen and oxygen atoms in total. The average Bonchev–Trinajstić information content (AvgIpc) is 3.22. The topological polar surface area (TPSA) is 94.1 Å². The van der Waals surface area contributed by atoms with Gasteiger partial charge in [0.05, 0.1) is 24.4 Å². The quantitative estimate of drug-likeness (QED) is 0.651. The molecule has 0 radical (unpaired) electrons. The highest BCUT2D eigenvalue weighted by atomic mass is 32.1. The lowest BCUT2D eigenvalue weighted by atomic mass is 10.3. The Labute approximate surface area is 158 Å². The Morgan fingerprint density at radius 2 is 2.00 bits per heavy atom. The Morgan fingerprint density at radius 1 is 1.23 bits per heavy atom. The minimum absolute atomic E-state index is 0.0893. The maximum atomic E-state index is 12.5. The van der Waals surface area contributed by atoms with Crippen molar-refractivity contribution in [1.29, 1.82) is 0 Å². The van der Waals surface area contributed by atoms with Crippen molar-refractivity contribution in [2.75, 3.05) is 11.9 Å². The average molecular weight is 388 g/mol. The number of amides is 1. The molecule has 0 saturated carbocycles. The van der Waals surface area contributed by atoms with Gasteiger partial charge in [0.1, 0.15) is 9.88 Å². The van der Waals surface area contributed by atoms with E-state index in [2.05, 4.69) is 20.3 Å². The van der Waals surface area contributed by atoms with Gasteiger partial charge in [-0.1, -0.05) is 0 Å². The minimum atomic E-state index is -0.337. The molecule has 134 valence electrons. The van der Waals surface area contributed by atoms with Gasteiger partial charge in [0.2, 0.25) is 0 Å². The number of esters is 1. The molecular weight excluding hydrogens is 372 g/mol. The van der Waals surface area contributed by atoms with Gasteiger partial charge in [-0.3, -0.25) is 19.9 Å². The van der Waals surface area contributed by atoms with Crippen molar-refractivity contribution in [1.82, 2.24) is 15.0 Å². The van der Waals surface area contributed by atoms with Crippen LogP contribution in [0.4, 0.5) is 5.13 Å². The molecule has 0 aliphatic heterocycles. The minimum Gasteiger partial charge on any atom is -0.466 e. The molecule has 1 amide bonds. The lowest BCUT2D eigenvalue weighted by Gasteiger charge is -2.00. The second-order valence-corrected chi connectivity index (χ2v) is 7.11. The molecular formula is C17H16N4O3S2. The number of aryl methyl sites for hydroxylation is 1. The highest BCUT2D eigenvalue weighted by Gasteiger charge is 2.18. The van der Waals surface area contributed by atoms with Crippen molar-refractivity contribution in [3.63, 3.8) is 0 Å². The molecule has 3 rings (SSSR count). The summed E-state index contributed by atoms with van der Waals surface area (Å²) in [6.45, 7) is 3.88. The van der Waals surface area contributed by atoms with Crippen molar-refractivity contribution < 1.29 is 14.3 Å². The fourth-order valence-electron chi connectivity index (χ4n) is 2.18. The monoisotopic (exact) mass is 388 g/mol. The predicted octanol–water partition coefficient (Wildman–Crippen LogP) is 3.33. The van der Waals surface area contributed by atoms with Crippen LogP contribution >= 0.6 is 22.7 Å². The Hall–Kier alpha value is -2.65. The molecule has 9 heteroatoms. The van der Waals surface area contributed by atoms with Gasteiger partial charge >= 0.3 is 5.97 Å². The van der Waals surface area contributed by atoms with E-state index in [1.807, 2.05) is 12.1 Å². The number of hydrogen-bond donors (Lipinski definition) is 1. The first-order valence-electron chi connectivity index (χ1n) is 7.86. The van der Waals surface area contributed by atoms with Crippen LogP contribution in [0, 0.1) is 6.92 Å². The molecule has 0 spiro atoms. The highest BCUT2D eigenvalue weighted by Crippen LogP contribution is 2.28. The van der Waals surface area contributed by atoms with E-state index in [1.165, 1.54) is 22.7 Å². The van der Waals surface area contributed by atoms with Crippen LogP contribution in [0.3, 0.4) is 0 Å². The third-order valence-electron chi connectivity index (χ3n) is 3.33. The zero-order valence-electron chi connectivity index (χ0n) is 14.2. The number of nitrogens with one attached hydrogen (secondary N) is 1. The van der Waals surface area contributed by atoms with E-state index < -0.39 is 0 Å². The van der Waals surface area contributed by atoms with Gasteiger partial charge in [-0.05, 0) is 26.0 Å². The summed E-state index contributed by atoms with van der Waals surface area (Å²) < 4.78 is 4.89. The van der Waals surface area contributed by atoms with E-state index in [0.717, 1.165) is 10.6 Å². The largest absolute Gasteiger partial charge is 0.466 e. The number of carbonyl (C=O) groups excluding carboxylic acids is 2. The van der Waals surface area contributed by atoms with Gasteiger partial charge in [-0.15, -0.1) is 22.7 Å². The van der Waals surface area contributed by atoms with Gasteiger partial charge in [0, 0.05) is 23.3 Å². The SMILES string of the molecule is CCOC(=O)Cc1csc(NC(=O)c2sc(-c3ccncc3)nc2C)n1. The van der Waals surface area contributed by atoms with Gasteiger partial charge in [-0.25, -0.2) is 9.97 Å². The summed E-state index contributed by atoms with van der Waals surface area (Å²) in [5.74, 6) is -0.603. The first-order valence-corrected chi connectivity index (χ1v) is 9.55. The van der Waals surface area contributed by atoms with Crippen molar-refractivity contribution >= 4 is 39.7 Å². The summed E-state index contributed by atoms with van der Waals surface area (Å²) in [5, 5.41) is 5.69. The fourth-order valence-corrected chi connectivity index (χ4v) is 3.86. The predicted molar refractivity (Wildman–Crippen MR) is 100 cm³/mol. The number of thiazole rings is 2. The maximum absolute atomic E-state index is 12.5. The summed E-state index contributed by atoms with van der Waals surface area (Å²) in [6.07, 6.45) is 3.46. The van der Waals surface area contributed by atoms with Crippen LogP contribution in [-0.2, 0) is 16.0 Å². The third kappa shape index (κ3) is 4.30. The molecule has 0 saturated heterocycles. The molecule has 0 atom stereocenters. The van der Waals surface area contributed by atoms with Crippen molar-refractivity contribution in [2.24, 2.45) is 0 Å². The highest BCUT2D eigenvalue weighted by molar-refractivity contribution is 7.17. The summed E-state index contributed by atoms with van der Waals surface area (Å²) >= 11 is 2.58. The summed E-state index contributed by atoms with van der Waals surface area (Å²) in [7, 11) is 0. The summed E-state index contributed by atoms with van der Waals surface area (Å²) in [4.78, 5) is 37.3. The van der Waals surface area contributed by atoms with Gasteiger partial charge in [0.25, 0.3) is 5.91 Å². The van der Waals surface area contributed by atoms with Crippen LogP contribution in [0.2, 0.25) is 0 Å². The zero-order valence-corrected chi connectivity index (χ0v) is 15.8. The van der Waals surface area contributed by atoms with E-state index in [1.54, 1.807) is 31.6 Å². The Kier molecular flexibility index (Phi) is 5.69. The van der Waals surface area contributed by atoms with Crippen LogP contribution in [-0.4, -0.2) is 33.4 Å². The summed E-state index contributed by atoms with van der Waals surface area (Å²) in [6, 6.07) is 3.70. The van der Waals surface area contributed by atoms with Gasteiger partial charge in [0.15, 0.2) is 5.13 Å². The molecule has 3 aromatic rings. The normalized spacial score (nSPS) is 10.5. The number of aromatic nitrogens is 3. The lowest BCUT2D eigenvalue weighted by molar-refractivity contribution is -0.142. The molecule has 3 heterocycles.